The molecule has 17 heteroatoms. The lowest BCUT2D eigenvalue weighted by Gasteiger charge is -2.35. The lowest BCUT2D eigenvalue weighted by atomic mass is 9.85. The Balaban J connectivity index is 1.28. The van der Waals surface area contributed by atoms with Crippen molar-refractivity contribution in [3.05, 3.63) is 46.0 Å². The molecule has 4 fully saturated rings. The van der Waals surface area contributed by atoms with E-state index in [-0.39, 0.29) is 25.5 Å². The molecule has 3 aliphatic carbocycles. The Morgan fingerprint density at radius 2 is 1.75 bits per heavy atom. The molecule has 52 heavy (non-hydrogen) atoms. The van der Waals surface area contributed by atoms with Gasteiger partial charge in [0.2, 0.25) is 21.8 Å². The maximum Gasteiger partial charge on any atom is 0.408 e. The molecule has 4 amide bonds. The number of ether oxygens (including phenoxy) is 1. The number of amides is 4. The number of rotatable bonds is 11. The van der Waals surface area contributed by atoms with E-state index in [1.54, 1.807) is 17.8 Å². The van der Waals surface area contributed by atoms with Crippen LogP contribution >= 0.6 is 31.9 Å². The Hall–Kier alpha value is -3.31. The first-order valence-electron chi connectivity index (χ1n) is 17.5. The van der Waals surface area contributed by atoms with Gasteiger partial charge in [0, 0.05) is 33.4 Å². The number of carbonyl (C=O) groups is 4. The molecule has 2 heterocycles. The van der Waals surface area contributed by atoms with Gasteiger partial charge >= 0.3 is 6.09 Å². The number of hydrogen-bond acceptors (Lipinski definition) is 9. The zero-order chi connectivity index (χ0) is 37.8. The smallest absolute Gasteiger partial charge is 0.408 e. The van der Waals surface area contributed by atoms with Gasteiger partial charge in [0.1, 0.15) is 29.4 Å². The predicted octanol–water partition coefficient (Wildman–Crippen LogP) is 4.76. The molecule has 3 N–H and O–H groups in total. The van der Waals surface area contributed by atoms with E-state index in [0.717, 1.165) is 40.2 Å². The fraction of sp³-hybridized carbons (Fsp3) is 0.600. The summed E-state index contributed by atoms with van der Waals surface area (Å²) in [6.45, 7) is 10.8. The predicted molar refractivity (Wildman–Crippen MR) is 199 cm³/mol. The number of alkyl carbamates (subject to hydrolysis) is 1. The van der Waals surface area contributed by atoms with Gasteiger partial charge in [-0.15, -0.1) is 11.7 Å². The summed E-state index contributed by atoms with van der Waals surface area (Å²) in [5, 5.41) is 14.3. The minimum atomic E-state index is -3.98. The van der Waals surface area contributed by atoms with Crippen LogP contribution in [0, 0.1) is 11.3 Å². The summed E-state index contributed by atoms with van der Waals surface area (Å²) >= 11 is 7.00. The van der Waals surface area contributed by atoms with Crippen molar-refractivity contribution in [3.8, 4) is 11.3 Å². The maximum absolute atomic E-state index is 14.5. The highest BCUT2D eigenvalue weighted by Gasteiger charge is 2.63. The van der Waals surface area contributed by atoms with Crippen LogP contribution in [0.1, 0.15) is 85.1 Å². The van der Waals surface area contributed by atoms with Crippen LogP contribution in [0.5, 0.6) is 0 Å². The molecule has 4 aliphatic rings. The second-order valence-corrected chi connectivity index (χ2v) is 19.8. The minimum absolute atomic E-state index is 0.0463. The molecule has 1 aromatic heterocycles. The van der Waals surface area contributed by atoms with Crippen molar-refractivity contribution in [3.63, 3.8) is 0 Å². The Labute approximate surface area is 320 Å². The van der Waals surface area contributed by atoms with E-state index < -0.39 is 73.6 Å². The molecule has 0 radical (unpaired) electrons. The SMILES string of the molecule is C=C[C@@H]1C[C@]1(NC(=O)[C@@H]1C[C@@H](n2cc(-c3cc(Br)cc(Br)c3)nn2)CN1C(=O)[C@@H](NC(=O)OC1CCCC1)C(C)(C)C)C(=O)NS(=O)(=O)C1(C)CC1. The van der Waals surface area contributed by atoms with Crippen LogP contribution in [0.3, 0.4) is 0 Å². The van der Waals surface area contributed by atoms with E-state index in [4.69, 9.17) is 4.74 Å². The average molecular weight is 868 g/mol. The van der Waals surface area contributed by atoms with Crippen LogP contribution in [0.4, 0.5) is 4.79 Å². The lowest BCUT2D eigenvalue weighted by Crippen LogP contribution is -2.60. The third kappa shape index (κ3) is 7.81. The number of carbonyl (C=O) groups excluding carboxylic acids is 4. The zero-order valence-electron chi connectivity index (χ0n) is 29.7. The number of hydrogen-bond donors (Lipinski definition) is 3. The Morgan fingerprint density at radius 1 is 1.10 bits per heavy atom. The molecule has 3 saturated carbocycles. The summed E-state index contributed by atoms with van der Waals surface area (Å²) < 4.78 is 36.1. The third-order valence-corrected chi connectivity index (χ3v) is 13.8. The van der Waals surface area contributed by atoms with Gasteiger partial charge in [-0.05, 0) is 75.5 Å². The molecule has 6 rings (SSSR count). The highest BCUT2D eigenvalue weighted by Crippen LogP contribution is 2.47. The summed E-state index contributed by atoms with van der Waals surface area (Å²) in [5.41, 5.74) is -0.967. The second kappa shape index (κ2) is 14.2. The number of sulfonamides is 1. The van der Waals surface area contributed by atoms with Gasteiger partial charge < -0.3 is 20.3 Å². The Kier molecular flexibility index (Phi) is 10.5. The largest absolute Gasteiger partial charge is 0.446 e. The molecule has 1 saturated heterocycles. The first-order valence-corrected chi connectivity index (χ1v) is 20.6. The van der Waals surface area contributed by atoms with Crippen LogP contribution in [0.15, 0.2) is 46.0 Å². The lowest BCUT2D eigenvalue weighted by molar-refractivity contribution is -0.142. The number of nitrogens with zero attached hydrogens (tertiary/aromatic N) is 4. The summed E-state index contributed by atoms with van der Waals surface area (Å²) in [5.74, 6) is -2.50. The van der Waals surface area contributed by atoms with Gasteiger partial charge in [-0.3, -0.25) is 19.1 Å². The number of likely N-dealkylation sites (tertiary alicyclic amines) is 1. The molecule has 0 unspecified atom stereocenters. The molecule has 1 aliphatic heterocycles. The van der Waals surface area contributed by atoms with Crippen molar-refractivity contribution in [2.45, 2.75) is 114 Å². The van der Waals surface area contributed by atoms with E-state index in [9.17, 15) is 27.6 Å². The molecular weight excluding hydrogens is 822 g/mol. The van der Waals surface area contributed by atoms with Crippen LogP contribution in [-0.4, -0.2) is 87.1 Å². The monoisotopic (exact) mass is 865 g/mol. The highest BCUT2D eigenvalue weighted by molar-refractivity contribution is 9.11. The summed E-state index contributed by atoms with van der Waals surface area (Å²) in [6, 6.07) is 3.01. The normalized spacial score (nSPS) is 26.0. The molecule has 1 aromatic carbocycles. The standard InChI is InChI=1S/C35H45Br2N7O7S/c1-6-21-17-35(21,31(47)41-52(49,50)34(5)11-12-34)39-29(45)27-16-24(44-19-26(40-42-44)20-13-22(36)15-23(37)14-20)18-43(27)30(46)28(33(2,3)4)38-32(48)51-25-9-7-8-10-25/h6,13-15,19,21,24-25,27-28H,1,7-12,16-18H2,2-5H3,(H,38,48)(H,39,45)(H,41,47)/t21-,24-,27+,28-,35-/m1/s1. The van der Waals surface area contributed by atoms with E-state index in [1.165, 1.54) is 11.0 Å². The zero-order valence-corrected chi connectivity index (χ0v) is 33.6. The van der Waals surface area contributed by atoms with Crippen LogP contribution < -0.4 is 15.4 Å². The molecule has 2 aromatic rings. The highest BCUT2D eigenvalue weighted by atomic mass is 79.9. The number of aromatic nitrogens is 3. The number of halogens is 2. The third-order valence-electron chi connectivity index (χ3n) is 10.7. The van der Waals surface area contributed by atoms with Crippen LogP contribution in [0.25, 0.3) is 11.3 Å². The second-order valence-electron chi connectivity index (χ2n) is 15.8. The van der Waals surface area contributed by atoms with Gasteiger partial charge in [-0.1, -0.05) is 63.9 Å². The van der Waals surface area contributed by atoms with Crippen LogP contribution in [-0.2, 0) is 29.1 Å². The van der Waals surface area contributed by atoms with E-state index in [0.29, 0.717) is 18.5 Å². The first-order chi connectivity index (χ1) is 24.4. The van der Waals surface area contributed by atoms with E-state index >= 15 is 0 Å². The van der Waals surface area contributed by atoms with Crippen molar-refractivity contribution in [1.82, 2.24) is 35.2 Å². The van der Waals surface area contributed by atoms with E-state index in [2.05, 4.69) is 64.1 Å². The fourth-order valence-electron chi connectivity index (χ4n) is 7.03. The summed E-state index contributed by atoms with van der Waals surface area (Å²) in [7, 11) is -3.98. The Morgan fingerprint density at radius 3 is 2.33 bits per heavy atom. The van der Waals surface area contributed by atoms with Gasteiger partial charge in [0.15, 0.2) is 0 Å². The van der Waals surface area contributed by atoms with Crippen molar-refractivity contribution >= 4 is 65.7 Å². The van der Waals surface area contributed by atoms with Crippen molar-refractivity contribution < 1.29 is 32.3 Å². The average Bonchev–Trinajstić information content (AvgIpc) is 3.66. The van der Waals surface area contributed by atoms with Gasteiger partial charge in [-0.2, -0.15) is 0 Å². The quantitative estimate of drug-likeness (QED) is 0.269. The molecular formula is C35H45Br2N7O7S. The van der Waals surface area contributed by atoms with Gasteiger partial charge in [0.25, 0.3) is 5.91 Å². The number of nitrogens with one attached hydrogen (secondary N) is 3. The maximum atomic E-state index is 14.5. The molecule has 282 valence electrons. The molecule has 0 bridgehead atoms. The molecule has 14 nitrogen and oxygen atoms in total. The topological polar surface area (TPSA) is 182 Å². The van der Waals surface area contributed by atoms with E-state index in [1.807, 2.05) is 39.0 Å². The summed E-state index contributed by atoms with van der Waals surface area (Å²) in [4.78, 5) is 57.0. The Bertz CT molecular complexity index is 1870. The fourth-order valence-corrected chi connectivity index (χ4v) is 9.63. The number of benzene rings is 1. The van der Waals surface area contributed by atoms with Crippen molar-refractivity contribution in [1.29, 1.82) is 0 Å². The summed E-state index contributed by atoms with van der Waals surface area (Å²) in [6.07, 6.45) is 6.90. The molecule has 0 spiro atoms. The minimum Gasteiger partial charge on any atom is -0.446 e. The first kappa shape index (κ1) is 38.4. The van der Waals surface area contributed by atoms with Crippen molar-refractivity contribution in [2.24, 2.45) is 11.3 Å². The van der Waals surface area contributed by atoms with Crippen molar-refractivity contribution in [2.75, 3.05) is 6.54 Å². The van der Waals surface area contributed by atoms with Gasteiger partial charge in [-0.25, -0.2) is 17.9 Å². The van der Waals surface area contributed by atoms with Gasteiger partial charge in [0.05, 0.1) is 17.0 Å². The van der Waals surface area contributed by atoms with Crippen LogP contribution in [0.2, 0.25) is 0 Å². The molecule has 5 atom stereocenters.